The Morgan fingerprint density at radius 3 is 2.58 bits per heavy atom. The van der Waals surface area contributed by atoms with Crippen LogP contribution < -0.4 is 9.47 Å². The van der Waals surface area contributed by atoms with Crippen molar-refractivity contribution in [1.82, 2.24) is 9.97 Å². The van der Waals surface area contributed by atoms with E-state index in [0.717, 1.165) is 16.7 Å². The minimum absolute atomic E-state index is 0.130. The Labute approximate surface area is 140 Å². The molecule has 3 aromatic rings. The van der Waals surface area contributed by atoms with Crippen molar-refractivity contribution in [3.63, 3.8) is 0 Å². The van der Waals surface area contributed by atoms with Gasteiger partial charge in [-0.25, -0.2) is 4.98 Å². The van der Waals surface area contributed by atoms with E-state index < -0.39 is 0 Å². The maximum Gasteiger partial charge on any atom is 0.227 e. The molecule has 1 aromatic carbocycles. The summed E-state index contributed by atoms with van der Waals surface area (Å²) >= 11 is 0. The Balaban J connectivity index is 1.92. The van der Waals surface area contributed by atoms with E-state index in [1.807, 2.05) is 36.4 Å². The molecule has 24 heavy (non-hydrogen) atoms. The standard InChI is InChI=1S/C19H18N2O3/c1-23-18-8-11-20-13-17(18)16-3-2-10-21-19(16)24-15-6-4-14(5-7-15)9-12-22/h2-8,10-11,13,22H,9,12H2,1H3. The molecule has 0 saturated heterocycles. The fourth-order valence-electron chi connectivity index (χ4n) is 2.40. The van der Waals surface area contributed by atoms with Crippen molar-refractivity contribution < 1.29 is 14.6 Å². The van der Waals surface area contributed by atoms with Crippen LogP contribution in [0.25, 0.3) is 11.1 Å². The molecule has 0 amide bonds. The molecule has 2 aromatic heterocycles. The molecule has 0 aliphatic heterocycles. The van der Waals surface area contributed by atoms with E-state index in [4.69, 9.17) is 14.6 Å². The number of pyridine rings is 2. The monoisotopic (exact) mass is 322 g/mol. The molecular formula is C19H18N2O3. The number of hydrogen-bond donors (Lipinski definition) is 1. The average Bonchev–Trinajstić information content (AvgIpc) is 2.64. The summed E-state index contributed by atoms with van der Waals surface area (Å²) in [5.41, 5.74) is 2.68. The minimum atomic E-state index is 0.130. The van der Waals surface area contributed by atoms with Crippen LogP contribution in [0.1, 0.15) is 5.56 Å². The van der Waals surface area contributed by atoms with Gasteiger partial charge < -0.3 is 14.6 Å². The van der Waals surface area contributed by atoms with Gasteiger partial charge in [-0.1, -0.05) is 12.1 Å². The van der Waals surface area contributed by atoms with E-state index in [9.17, 15) is 0 Å². The van der Waals surface area contributed by atoms with E-state index in [1.54, 1.807) is 31.8 Å². The third-order valence-electron chi connectivity index (χ3n) is 3.60. The topological polar surface area (TPSA) is 64.5 Å². The molecule has 0 radical (unpaired) electrons. The van der Waals surface area contributed by atoms with Crippen molar-refractivity contribution in [2.45, 2.75) is 6.42 Å². The first-order valence-electron chi connectivity index (χ1n) is 7.63. The molecule has 0 saturated carbocycles. The Morgan fingerprint density at radius 1 is 1.00 bits per heavy atom. The van der Waals surface area contributed by atoms with Crippen molar-refractivity contribution in [3.8, 4) is 28.5 Å². The first kappa shape index (κ1) is 16.0. The lowest BCUT2D eigenvalue weighted by Gasteiger charge is -2.12. The van der Waals surface area contributed by atoms with Crippen LogP contribution in [0.4, 0.5) is 0 Å². The lowest BCUT2D eigenvalue weighted by Crippen LogP contribution is -1.95. The van der Waals surface area contributed by atoms with Gasteiger partial charge in [0.25, 0.3) is 0 Å². The molecule has 0 unspecified atom stereocenters. The number of aliphatic hydroxyl groups excluding tert-OH is 1. The molecule has 1 N–H and O–H groups in total. The molecule has 2 heterocycles. The summed E-state index contributed by atoms with van der Waals surface area (Å²) in [6, 6.07) is 13.2. The zero-order chi connectivity index (χ0) is 16.8. The SMILES string of the molecule is COc1ccncc1-c1cccnc1Oc1ccc(CCO)cc1. The summed E-state index contributed by atoms with van der Waals surface area (Å²) in [7, 11) is 1.62. The quantitative estimate of drug-likeness (QED) is 0.753. The summed E-state index contributed by atoms with van der Waals surface area (Å²) < 4.78 is 11.3. The summed E-state index contributed by atoms with van der Waals surface area (Å²) in [4.78, 5) is 8.50. The van der Waals surface area contributed by atoms with Crippen molar-refractivity contribution in [2.75, 3.05) is 13.7 Å². The van der Waals surface area contributed by atoms with E-state index in [1.165, 1.54) is 0 Å². The van der Waals surface area contributed by atoms with Crippen LogP contribution >= 0.6 is 0 Å². The van der Waals surface area contributed by atoms with Crippen molar-refractivity contribution in [3.05, 3.63) is 66.6 Å². The van der Waals surface area contributed by atoms with Gasteiger partial charge in [-0.2, -0.15) is 0 Å². The van der Waals surface area contributed by atoms with Crippen LogP contribution in [0.2, 0.25) is 0 Å². The molecule has 0 bridgehead atoms. The molecule has 0 fully saturated rings. The number of methoxy groups -OCH3 is 1. The van der Waals surface area contributed by atoms with Gasteiger partial charge in [0.15, 0.2) is 0 Å². The van der Waals surface area contributed by atoms with Gasteiger partial charge in [0.2, 0.25) is 5.88 Å². The molecule has 3 rings (SSSR count). The fourth-order valence-corrected chi connectivity index (χ4v) is 2.40. The summed E-state index contributed by atoms with van der Waals surface area (Å²) in [6.45, 7) is 0.130. The van der Waals surface area contributed by atoms with Crippen LogP contribution in [-0.2, 0) is 6.42 Å². The zero-order valence-corrected chi connectivity index (χ0v) is 13.3. The Bertz CT molecular complexity index is 804. The molecule has 5 heteroatoms. The molecule has 0 atom stereocenters. The Kier molecular flexibility index (Phi) is 5.03. The lowest BCUT2D eigenvalue weighted by atomic mass is 10.1. The Hall–Kier alpha value is -2.92. The van der Waals surface area contributed by atoms with Gasteiger partial charge >= 0.3 is 0 Å². The maximum atomic E-state index is 8.98. The van der Waals surface area contributed by atoms with Crippen LogP contribution in [0.3, 0.4) is 0 Å². The third-order valence-corrected chi connectivity index (χ3v) is 3.60. The first-order chi connectivity index (χ1) is 11.8. The molecule has 0 spiro atoms. The van der Waals surface area contributed by atoms with Crippen LogP contribution in [-0.4, -0.2) is 28.8 Å². The van der Waals surface area contributed by atoms with Gasteiger partial charge in [0, 0.05) is 36.3 Å². The highest BCUT2D eigenvalue weighted by Gasteiger charge is 2.13. The number of aromatic nitrogens is 2. The second kappa shape index (κ2) is 7.57. The second-order valence-corrected chi connectivity index (χ2v) is 5.15. The normalized spacial score (nSPS) is 10.4. The van der Waals surface area contributed by atoms with Gasteiger partial charge in [0.05, 0.1) is 7.11 Å². The summed E-state index contributed by atoms with van der Waals surface area (Å²) in [5.74, 6) is 1.87. The lowest BCUT2D eigenvalue weighted by molar-refractivity contribution is 0.299. The van der Waals surface area contributed by atoms with Crippen LogP contribution in [0.5, 0.6) is 17.4 Å². The minimum Gasteiger partial charge on any atom is -0.496 e. The highest BCUT2D eigenvalue weighted by Crippen LogP contribution is 2.36. The van der Waals surface area contributed by atoms with E-state index in [2.05, 4.69) is 9.97 Å². The number of ether oxygens (including phenoxy) is 2. The predicted molar refractivity (Wildman–Crippen MR) is 91.3 cm³/mol. The molecule has 5 nitrogen and oxygen atoms in total. The van der Waals surface area contributed by atoms with Gasteiger partial charge in [-0.15, -0.1) is 0 Å². The predicted octanol–water partition coefficient (Wildman–Crippen LogP) is 3.48. The van der Waals surface area contributed by atoms with Crippen LogP contribution in [0, 0.1) is 0 Å². The van der Waals surface area contributed by atoms with Gasteiger partial charge in [0.1, 0.15) is 11.5 Å². The van der Waals surface area contributed by atoms with Crippen LogP contribution in [0.15, 0.2) is 61.1 Å². The van der Waals surface area contributed by atoms with E-state index in [-0.39, 0.29) is 6.61 Å². The molecule has 122 valence electrons. The number of hydrogen-bond acceptors (Lipinski definition) is 5. The smallest absolute Gasteiger partial charge is 0.227 e. The summed E-state index contributed by atoms with van der Waals surface area (Å²) in [5, 5.41) is 8.98. The third kappa shape index (κ3) is 3.52. The molecule has 0 aliphatic carbocycles. The van der Waals surface area contributed by atoms with Gasteiger partial charge in [-0.3, -0.25) is 4.98 Å². The van der Waals surface area contributed by atoms with Crippen molar-refractivity contribution in [2.24, 2.45) is 0 Å². The number of nitrogens with zero attached hydrogens (tertiary/aromatic N) is 2. The maximum absolute atomic E-state index is 8.98. The number of rotatable bonds is 6. The Morgan fingerprint density at radius 2 is 1.83 bits per heavy atom. The van der Waals surface area contributed by atoms with E-state index >= 15 is 0 Å². The van der Waals surface area contributed by atoms with Crippen molar-refractivity contribution in [1.29, 1.82) is 0 Å². The zero-order valence-electron chi connectivity index (χ0n) is 13.3. The first-order valence-corrected chi connectivity index (χ1v) is 7.63. The number of aliphatic hydroxyl groups is 1. The molecular weight excluding hydrogens is 304 g/mol. The summed E-state index contributed by atoms with van der Waals surface area (Å²) in [6.07, 6.45) is 5.72. The molecule has 0 aliphatic rings. The van der Waals surface area contributed by atoms with Crippen molar-refractivity contribution >= 4 is 0 Å². The largest absolute Gasteiger partial charge is 0.496 e. The highest BCUT2D eigenvalue weighted by molar-refractivity contribution is 5.73. The average molecular weight is 322 g/mol. The van der Waals surface area contributed by atoms with E-state index in [0.29, 0.717) is 23.8 Å². The fraction of sp³-hybridized carbons (Fsp3) is 0.158. The number of benzene rings is 1. The van der Waals surface area contributed by atoms with Gasteiger partial charge in [-0.05, 0) is 42.3 Å². The second-order valence-electron chi connectivity index (χ2n) is 5.15. The highest BCUT2D eigenvalue weighted by atomic mass is 16.5.